The van der Waals surface area contributed by atoms with Crippen LogP contribution in [0.5, 0.6) is 0 Å². The highest BCUT2D eigenvalue weighted by atomic mass is 15.4. The molecule has 0 unspecified atom stereocenters. The summed E-state index contributed by atoms with van der Waals surface area (Å²) in [5.41, 5.74) is 6.25. The van der Waals surface area contributed by atoms with Gasteiger partial charge in [0, 0.05) is 17.2 Å². The quantitative estimate of drug-likeness (QED) is 0.728. The van der Waals surface area contributed by atoms with Gasteiger partial charge in [0.2, 0.25) is 0 Å². The first kappa shape index (κ1) is 16.0. The second-order valence-electron chi connectivity index (χ2n) is 5.64. The molecule has 3 nitrogen and oxygen atoms in total. The van der Waals surface area contributed by atoms with E-state index in [4.69, 9.17) is 0 Å². The Labute approximate surface area is 132 Å². The van der Waals surface area contributed by atoms with E-state index in [2.05, 4.69) is 56.4 Å². The van der Waals surface area contributed by atoms with Crippen molar-refractivity contribution in [1.29, 1.82) is 0 Å². The number of nitrogens with zero attached hydrogens (tertiary/aromatic N) is 3. The first-order chi connectivity index (χ1) is 10.5. The molecule has 0 fully saturated rings. The Morgan fingerprint density at radius 1 is 1.18 bits per heavy atom. The van der Waals surface area contributed by atoms with E-state index in [1.54, 1.807) is 0 Å². The summed E-state index contributed by atoms with van der Waals surface area (Å²) < 4.78 is 1.95. The Morgan fingerprint density at radius 2 is 1.86 bits per heavy atom. The topological polar surface area (TPSA) is 30.7 Å². The smallest absolute Gasteiger partial charge is 0.121 e. The maximum absolute atomic E-state index is 4.45. The molecule has 1 heterocycles. The third-order valence-corrected chi connectivity index (χ3v) is 3.77. The predicted molar refractivity (Wildman–Crippen MR) is 93.6 cm³/mol. The van der Waals surface area contributed by atoms with Gasteiger partial charge in [-0.1, -0.05) is 54.8 Å². The molecule has 2 aromatic rings. The van der Waals surface area contributed by atoms with Crippen LogP contribution in [0.4, 0.5) is 0 Å². The molecule has 3 heteroatoms. The fraction of sp³-hybridized carbons (Fsp3) is 0.263. The minimum atomic E-state index is 0.216. The van der Waals surface area contributed by atoms with Crippen molar-refractivity contribution >= 4 is 5.57 Å². The molecular weight excluding hydrogens is 270 g/mol. The SMILES string of the molecule is C=C/C(C)=C(\C=C)c1c(-c2ccccc2C)nnn1C(C)C. The van der Waals surface area contributed by atoms with Crippen LogP contribution in [0.3, 0.4) is 0 Å². The number of benzene rings is 1. The molecule has 0 bridgehead atoms. The highest BCUT2D eigenvalue weighted by Crippen LogP contribution is 2.32. The van der Waals surface area contributed by atoms with Gasteiger partial charge >= 0.3 is 0 Å². The highest BCUT2D eigenvalue weighted by molar-refractivity contribution is 5.84. The lowest BCUT2D eigenvalue weighted by atomic mass is 9.98. The third kappa shape index (κ3) is 2.80. The molecule has 0 saturated carbocycles. The van der Waals surface area contributed by atoms with E-state index in [-0.39, 0.29) is 6.04 Å². The van der Waals surface area contributed by atoms with Crippen LogP contribution in [0.1, 0.15) is 38.1 Å². The van der Waals surface area contributed by atoms with E-state index in [0.29, 0.717) is 0 Å². The molecule has 114 valence electrons. The lowest BCUT2D eigenvalue weighted by Crippen LogP contribution is -2.08. The van der Waals surface area contributed by atoms with Crippen molar-refractivity contribution < 1.29 is 0 Å². The lowest BCUT2D eigenvalue weighted by molar-refractivity contribution is 0.509. The van der Waals surface area contributed by atoms with Gasteiger partial charge in [-0.3, -0.25) is 0 Å². The van der Waals surface area contributed by atoms with Gasteiger partial charge in [0.15, 0.2) is 0 Å². The fourth-order valence-electron chi connectivity index (χ4n) is 2.48. The molecule has 2 rings (SSSR count). The lowest BCUT2D eigenvalue weighted by Gasteiger charge is -2.14. The Balaban J connectivity index is 2.81. The Kier molecular flexibility index (Phi) is 4.76. The van der Waals surface area contributed by atoms with Crippen molar-refractivity contribution in [2.45, 2.75) is 33.7 Å². The predicted octanol–water partition coefficient (Wildman–Crippen LogP) is 4.98. The summed E-state index contributed by atoms with van der Waals surface area (Å²) >= 11 is 0. The summed E-state index contributed by atoms with van der Waals surface area (Å²) in [5, 5.41) is 8.82. The number of allylic oxidation sites excluding steroid dienone is 4. The molecule has 0 aliphatic rings. The van der Waals surface area contributed by atoms with Gasteiger partial charge in [0.1, 0.15) is 5.69 Å². The first-order valence-electron chi connectivity index (χ1n) is 7.48. The molecule has 0 saturated heterocycles. The van der Waals surface area contributed by atoms with Crippen molar-refractivity contribution in [2.24, 2.45) is 0 Å². The molecule has 0 amide bonds. The molecule has 22 heavy (non-hydrogen) atoms. The van der Waals surface area contributed by atoms with Crippen LogP contribution in [0.15, 0.2) is 55.1 Å². The second kappa shape index (κ2) is 6.56. The minimum Gasteiger partial charge on any atom is -0.242 e. The monoisotopic (exact) mass is 293 g/mol. The van der Waals surface area contributed by atoms with Crippen LogP contribution in [-0.4, -0.2) is 15.0 Å². The van der Waals surface area contributed by atoms with Crippen LogP contribution in [0.2, 0.25) is 0 Å². The zero-order valence-electron chi connectivity index (χ0n) is 13.8. The van der Waals surface area contributed by atoms with Crippen molar-refractivity contribution in [2.75, 3.05) is 0 Å². The number of hydrogen-bond acceptors (Lipinski definition) is 2. The standard InChI is InChI=1S/C19H23N3/c1-7-14(5)16(8-2)19-18(20-21-22(19)13(3)4)17-12-10-9-11-15(17)6/h7-13H,1-2H2,3-6H3/b16-14+. The molecule has 1 aromatic carbocycles. The molecule has 0 N–H and O–H groups in total. The third-order valence-electron chi connectivity index (χ3n) is 3.77. The minimum absolute atomic E-state index is 0.216. The maximum Gasteiger partial charge on any atom is 0.121 e. The van der Waals surface area contributed by atoms with Gasteiger partial charge in [-0.2, -0.15) is 0 Å². The summed E-state index contributed by atoms with van der Waals surface area (Å²) in [6, 6.07) is 8.44. The largest absolute Gasteiger partial charge is 0.242 e. The zero-order chi connectivity index (χ0) is 16.3. The van der Waals surface area contributed by atoms with E-state index in [1.165, 1.54) is 5.56 Å². The Morgan fingerprint density at radius 3 is 2.41 bits per heavy atom. The Bertz CT molecular complexity index is 733. The van der Waals surface area contributed by atoms with Gasteiger partial charge in [-0.05, 0) is 38.8 Å². The zero-order valence-corrected chi connectivity index (χ0v) is 13.8. The van der Waals surface area contributed by atoms with Crippen molar-refractivity contribution in [1.82, 2.24) is 15.0 Å². The first-order valence-corrected chi connectivity index (χ1v) is 7.48. The molecule has 1 aromatic heterocycles. The average molecular weight is 293 g/mol. The van der Waals surface area contributed by atoms with Crippen molar-refractivity contribution in [3.63, 3.8) is 0 Å². The summed E-state index contributed by atoms with van der Waals surface area (Å²) in [6.45, 7) is 16.2. The van der Waals surface area contributed by atoms with E-state index >= 15 is 0 Å². The van der Waals surface area contributed by atoms with Crippen LogP contribution < -0.4 is 0 Å². The maximum atomic E-state index is 4.45. The average Bonchev–Trinajstić information content (AvgIpc) is 2.93. The normalized spacial score (nSPS) is 12.2. The van der Waals surface area contributed by atoms with Crippen LogP contribution in [0.25, 0.3) is 16.8 Å². The molecule has 0 aliphatic heterocycles. The van der Waals surface area contributed by atoms with Crippen molar-refractivity contribution in [3.8, 4) is 11.3 Å². The van der Waals surface area contributed by atoms with Crippen LogP contribution in [0, 0.1) is 6.92 Å². The fourth-order valence-corrected chi connectivity index (χ4v) is 2.48. The molecule has 0 atom stereocenters. The summed E-state index contributed by atoms with van der Waals surface area (Å²) in [7, 11) is 0. The van der Waals surface area contributed by atoms with E-state index in [0.717, 1.165) is 28.1 Å². The van der Waals surface area contributed by atoms with Gasteiger partial charge in [0.25, 0.3) is 0 Å². The molecule has 0 aliphatic carbocycles. The second-order valence-corrected chi connectivity index (χ2v) is 5.64. The number of hydrogen-bond donors (Lipinski definition) is 0. The van der Waals surface area contributed by atoms with E-state index in [1.807, 2.05) is 35.9 Å². The summed E-state index contributed by atoms with van der Waals surface area (Å²) in [6.07, 6.45) is 3.70. The Hall–Kier alpha value is -2.42. The number of aryl methyl sites for hydroxylation is 1. The molecular formula is C19H23N3. The molecule has 0 radical (unpaired) electrons. The van der Waals surface area contributed by atoms with Crippen molar-refractivity contribution in [3.05, 3.63) is 66.4 Å². The van der Waals surface area contributed by atoms with Gasteiger partial charge < -0.3 is 0 Å². The van der Waals surface area contributed by atoms with Crippen LogP contribution in [-0.2, 0) is 0 Å². The van der Waals surface area contributed by atoms with Gasteiger partial charge in [0.05, 0.1) is 5.69 Å². The van der Waals surface area contributed by atoms with Gasteiger partial charge in [-0.25, -0.2) is 4.68 Å². The summed E-state index contributed by atoms with van der Waals surface area (Å²) in [4.78, 5) is 0. The molecule has 0 spiro atoms. The van der Waals surface area contributed by atoms with Gasteiger partial charge in [-0.15, -0.1) is 5.10 Å². The van der Waals surface area contributed by atoms with Crippen LogP contribution >= 0.6 is 0 Å². The number of aromatic nitrogens is 3. The highest BCUT2D eigenvalue weighted by Gasteiger charge is 2.20. The van der Waals surface area contributed by atoms with E-state index < -0.39 is 0 Å². The summed E-state index contributed by atoms with van der Waals surface area (Å²) in [5.74, 6) is 0. The van der Waals surface area contributed by atoms with E-state index in [9.17, 15) is 0 Å². The number of rotatable bonds is 5.